The first-order valence-corrected chi connectivity index (χ1v) is 3.89. The van der Waals surface area contributed by atoms with E-state index in [4.69, 9.17) is 5.73 Å². The lowest BCUT2D eigenvalue weighted by Crippen LogP contribution is -2.37. The first-order chi connectivity index (χ1) is 5.02. The maximum atomic E-state index is 11.1. The van der Waals surface area contributed by atoms with Crippen LogP contribution in [0.15, 0.2) is 0 Å². The van der Waals surface area contributed by atoms with E-state index in [1.54, 1.807) is 0 Å². The summed E-state index contributed by atoms with van der Waals surface area (Å²) in [6, 6.07) is 0. The molecule has 2 atom stereocenters. The molecule has 11 heavy (non-hydrogen) atoms. The summed E-state index contributed by atoms with van der Waals surface area (Å²) in [6.07, 6.45) is 0.775. The van der Waals surface area contributed by atoms with Crippen LogP contribution < -0.4 is 5.73 Å². The lowest BCUT2D eigenvalue weighted by molar-refractivity contribution is -0.143. The maximum absolute atomic E-state index is 11.1. The summed E-state index contributed by atoms with van der Waals surface area (Å²) in [5.74, 6) is 0.519. The quantitative estimate of drug-likeness (QED) is 0.595. The van der Waals surface area contributed by atoms with Gasteiger partial charge in [0.05, 0.1) is 7.11 Å². The van der Waals surface area contributed by atoms with Crippen LogP contribution in [0, 0.1) is 11.8 Å². The highest BCUT2D eigenvalue weighted by molar-refractivity contribution is 5.84. The largest absolute Gasteiger partial charge is 0.468 e. The van der Waals surface area contributed by atoms with Crippen molar-refractivity contribution < 1.29 is 9.53 Å². The van der Waals surface area contributed by atoms with Gasteiger partial charge in [0.2, 0.25) is 0 Å². The second kappa shape index (κ2) is 2.48. The van der Waals surface area contributed by atoms with Crippen LogP contribution in [0.2, 0.25) is 0 Å². The number of carbonyl (C=O) groups excluding carboxylic acids is 1. The number of carbonyl (C=O) groups is 1. The summed E-state index contributed by atoms with van der Waals surface area (Å²) in [7, 11) is 1.38. The minimum atomic E-state index is -0.664. The topological polar surface area (TPSA) is 52.3 Å². The molecule has 3 nitrogen and oxygen atoms in total. The van der Waals surface area contributed by atoms with Crippen LogP contribution >= 0.6 is 0 Å². The molecule has 0 bridgehead atoms. The molecule has 0 aromatic rings. The normalized spacial score (nSPS) is 35.5. The molecule has 1 aliphatic rings. The Morgan fingerprint density at radius 2 is 2.27 bits per heavy atom. The predicted octanol–water partition coefficient (Wildman–Crippen LogP) is 0.533. The fourth-order valence-electron chi connectivity index (χ4n) is 1.56. The second-order valence-electron chi connectivity index (χ2n) is 3.59. The molecule has 1 saturated carbocycles. The highest BCUT2D eigenvalue weighted by Gasteiger charge is 2.59. The summed E-state index contributed by atoms with van der Waals surface area (Å²) in [5, 5.41) is 0. The van der Waals surface area contributed by atoms with Gasteiger partial charge in [-0.2, -0.15) is 0 Å². The van der Waals surface area contributed by atoms with E-state index in [0.29, 0.717) is 11.8 Å². The van der Waals surface area contributed by atoms with Crippen LogP contribution in [-0.2, 0) is 9.53 Å². The molecule has 0 heterocycles. The van der Waals surface area contributed by atoms with Crippen LogP contribution in [0.4, 0.5) is 0 Å². The number of hydrogen-bond acceptors (Lipinski definition) is 3. The Hall–Kier alpha value is -0.570. The molecule has 3 heteroatoms. The van der Waals surface area contributed by atoms with Gasteiger partial charge in [-0.3, -0.25) is 4.79 Å². The van der Waals surface area contributed by atoms with Gasteiger partial charge in [-0.15, -0.1) is 0 Å². The molecule has 0 aromatic heterocycles. The smallest absolute Gasteiger partial charge is 0.326 e. The molecule has 0 spiro atoms. The average molecular weight is 157 g/mol. The van der Waals surface area contributed by atoms with Crippen molar-refractivity contribution in [1.29, 1.82) is 0 Å². The molecule has 0 aliphatic heterocycles. The summed E-state index contributed by atoms with van der Waals surface area (Å²) in [5.41, 5.74) is 5.11. The minimum absolute atomic E-state index is 0.267. The monoisotopic (exact) mass is 157 g/mol. The summed E-state index contributed by atoms with van der Waals surface area (Å²) in [4.78, 5) is 11.1. The molecular formula is C8H15NO2. The third kappa shape index (κ3) is 1.25. The van der Waals surface area contributed by atoms with Gasteiger partial charge in [0.1, 0.15) is 5.54 Å². The molecule has 0 aromatic carbocycles. The zero-order chi connectivity index (χ0) is 8.65. The molecular weight excluding hydrogens is 142 g/mol. The van der Waals surface area contributed by atoms with Crippen LogP contribution in [-0.4, -0.2) is 18.6 Å². The van der Waals surface area contributed by atoms with Gasteiger partial charge in [0.15, 0.2) is 0 Å². The Labute approximate surface area is 66.9 Å². The third-order valence-electron chi connectivity index (χ3n) is 2.43. The third-order valence-corrected chi connectivity index (χ3v) is 2.43. The number of esters is 1. The van der Waals surface area contributed by atoms with E-state index < -0.39 is 5.54 Å². The van der Waals surface area contributed by atoms with E-state index >= 15 is 0 Å². The molecule has 2 N–H and O–H groups in total. The van der Waals surface area contributed by atoms with Gasteiger partial charge in [-0.05, 0) is 18.3 Å². The SMILES string of the molecule is COC(=O)[C@]1(N)C[C@H]1C(C)C. The highest BCUT2D eigenvalue weighted by atomic mass is 16.5. The Bertz CT molecular complexity index is 179. The van der Waals surface area contributed by atoms with Crippen molar-refractivity contribution in [2.75, 3.05) is 7.11 Å². The summed E-state index contributed by atoms with van der Waals surface area (Å²) in [6.45, 7) is 4.14. The van der Waals surface area contributed by atoms with Crippen LogP contribution in [0.5, 0.6) is 0 Å². The summed E-state index contributed by atoms with van der Waals surface area (Å²) >= 11 is 0. The van der Waals surface area contributed by atoms with E-state index in [-0.39, 0.29) is 5.97 Å². The molecule has 1 fully saturated rings. The lowest BCUT2D eigenvalue weighted by Gasteiger charge is -2.10. The lowest BCUT2D eigenvalue weighted by atomic mass is 10.0. The van der Waals surface area contributed by atoms with Gasteiger partial charge in [-0.1, -0.05) is 13.8 Å². The maximum Gasteiger partial charge on any atom is 0.326 e. The average Bonchev–Trinajstić information content (AvgIpc) is 2.62. The zero-order valence-corrected chi connectivity index (χ0v) is 7.26. The summed E-state index contributed by atoms with van der Waals surface area (Å²) < 4.78 is 4.59. The number of rotatable bonds is 2. The van der Waals surface area contributed by atoms with Gasteiger partial charge >= 0.3 is 5.97 Å². The Morgan fingerprint density at radius 1 is 1.73 bits per heavy atom. The van der Waals surface area contributed by atoms with Crippen molar-refractivity contribution >= 4 is 5.97 Å². The molecule has 0 amide bonds. The van der Waals surface area contributed by atoms with Crippen molar-refractivity contribution in [3.63, 3.8) is 0 Å². The first kappa shape index (κ1) is 8.53. The van der Waals surface area contributed by atoms with E-state index in [9.17, 15) is 4.79 Å². The number of ether oxygens (including phenoxy) is 1. The van der Waals surface area contributed by atoms with Gasteiger partial charge in [0, 0.05) is 0 Å². The number of nitrogens with two attached hydrogens (primary N) is 1. The fraction of sp³-hybridized carbons (Fsp3) is 0.875. The molecule has 0 saturated heterocycles. The van der Waals surface area contributed by atoms with E-state index in [2.05, 4.69) is 18.6 Å². The number of hydrogen-bond donors (Lipinski definition) is 1. The second-order valence-corrected chi connectivity index (χ2v) is 3.59. The minimum Gasteiger partial charge on any atom is -0.468 e. The van der Waals surface area contributed by atoms with Crippen molar-refractivity contribution in [1.82, 2.24) is 0 Å². The highest BCUT2D eigenvalue weighted by Crippen LogP contribution is 2.46. The fourth-order valence-corrected chi connectivity index (χ4v) is 1.56. The van der Waals surface area contributed by atoms with Crippen LogP contribution in [0.3, 0.4) is 0 Å². The van der Waals surface area contributed by atoms with Crippen molar-refractivity contribution in [2.45, 2.75) is 25.8 Å². The number of methoxy groups -OCH3 is 1. The Balaban J connectivity index is 2.55. The van der Waals surface area contributed by atoms with Crippen LogP contribution in [0.25, 0.3) is 0 Å². The van der Waals surface area contributed by atoms with Crippen molar-refractivity contribution in [3.8, 4) is 0 Å². The van der Waals surface area contributed by atoms with Gasteiger partial charge < -0.3 is 10.5 Å². The van der Waals surface area contributed by atoms with Gasteiger partial charge in [0.25, 0.3) is 0 Å². The van der Waals surface area contributed by atoms with Gasteiger partial charge in [-0.25, -0.2) is 0 Å². The van der Waals surface area contributed by atoms with E-state index in [0.717, 1.165) is 6.42 Å². The van der Waals surface area contributed by atoms with Crippen LogP contribution in [0.1, 0.15) is 20.3 Å². The standard InChI is InChI=1S/C8H15NO2/c1-5(2)6-4-8(6,9)7(10)11-3/h5-6H,4,9H2,1-3H3/t6-,8-/m0/s1. The molecule has 1 rings (SSSR count). The van der Waals surface area contributed by atoms with E-state index in [1.165, 1.54) is 7.11 Å². The zero-order valence-electron chi connectivity index (χ0n) is 7.26. The predicted molar refractivity (Wildman–Crippen MR) is 41.9 cm³/mol. The van der Waals surface area contributed by atoms with E-state index in [1.807, 2.05) is 0 Å². The molecule has 1 aliphatic carbocycles. The van der Waals surface area contributed by atoms with Crippen molar-refractivity contribution in [2.24, 2.45) is 17.6 Å². The van der Waals surface area contributed by atoms with Crippen molar-refractivity contribution in [3.05, 3.63) is 0 Å². The molecule has 64 valence electrons. The Morgan fingerprint density at radius 3 is 2.55 bits per heavy atom. The molecule has 0 radical (unpaired) electrons. The molecule has 0 unspecified atom stereocenters. The first-order valence-electron chi connectivity index (χ1n) is 3.89. The Kier molecular flexibility index (Phi) is 1.92.